The average molecular weight is 440 g/mol. The van der Waals surface area contributed by atoms with Gasteiger partial charge in [-0.25, -0.2) is 23.2 Å². The molecule has 3 rings (SSSR count). The third kappa shape index (κ3) is 5.69. The van der Waals surface area contributed by atoms with Crippen molar-refractivity contribution in [3.63, 3.8) is 0 Å². The quantitative estimate of drug-likeness (QED) is 0.548. The molecule has 1 aromatic heterocycles. The first-order valence-electron chi connectivity index (χ1n) is 10.00. The van der Waals surface area contributed by atoms with E-state index in [-0.39, 0.29) is 12.3 Å². The summed E-state index contributed by atoms with van der Waals surface area (Å²) in [4.78, 5) is 38.6. The number of amides is 1. The van der Waals surface area contributed by atoms with Crippen LogP contribution < -0.4 is 5.69 Å². The molecule has 1 amide bonds. The summed E-state index contributed by atoms with van der Waals surface area (Å²) < 4.78 is 20.7. The Morgan fingerprint density at radius 2 is 1.69 bits per heavy atom. The van der Waals surface area contributed by atoms with Gasteiger partial charge in [-0.2, -0.15) is 5.10 Å². The van der Waals surface area contributed by atoms with E-state index in [1.54, 1.807) is 52.1 Å². The molecule has 168 valence electrons. The van der Waals surface area contributed by atoms with Gasteiger partial charge in [0.05, 0.1) is 5.69 Å². The van der Waals surface area contributed by atoms with Gasteiger partial charge in [0, 0.05) is 19.2 Å². The van der Waals surface area contributed by atoms with E-state index in [4.69, 9.17) is 4.74 Å². The summed E-state index contributed by atoms with van der Waals surface area (Å²) in [7, 11) is 1.65. The predicted molar refractivity (Wildman–Crippen MR) is 116 cm³/mol. The number of hydrogen-bond acceptors (Lipinski definition) is 5. The minimum absolute atomic E-state index is 0.254. The number of aromatic nitrogens is 3. The van der Waals surface area contributed by atoms with Crippen LogP contribution in [0.3, 0.4) is 0 Å². The number of halogens is 1. The number of ketones is 1. The molecule has 0 radical (unpaired) electrons. The van der Waals surface area contributed by atoms with Crippen molar-refractivity contribution in [2.24, 2.45) is 0 Å². The van der Waals surface area contributed by atoms with Gasteiger partial charge in [0.25, 0.3) is 0 Å². The molecule has 0 aliphatic carbocycles. The fraction of sp³-hybridized carbons (Fsp3) is 0.304. The SMILES string of the molecule is CN(Cc1ccc(-n2cnn(CC(=O)c3ccc(F)cc3)c2=O)cc1)C(=O)OC(C)(C)C. The Bertz CT molecular complexity index is 1160. The minimum Gasteiger partial charge on any atom is -0.444 e. The molecule has 0 fully saturated rings. The van der Waals surface area contributed by atoms with E-state index >= 15 is 0 Å². The summed E-state index contributed by atoms with van der Waals surface area (Å²) in [5.74, 6) is -0.790. The Morgan fingerprint density at radius 3 is 2.28 bits per heavy atom. The van der Waals surface area contributed by atoms with E-state index < -0.39 is 23.2 Å². The number of ether oxygens (including phenoxy) is 1. The first-order valence-corrected chi connectivity index (χ1v) is 10.00. The van der Waals surface area contributed by atoms with Crippen molar-refractivity contribution >= 4 is 11.9 Å². The Morgan fingerprint density at radius 1 is 1.06 bits per heavy atom. The van der Waals surface area contributed by atoms with E-state index in [0.717, 1.165) is 10.2 Å². The van der Waals surface area contributed by atoms with Gasteiger partial charge in [0.15, 0.2) is 5.78 Å². The molecule has 0 bridgehead atoms. The lowest BCUT2D eigenvalue weighted by atomic mass is 10.1. The summed E-state index contributed by atoms with van der Waals surface area (Å²) in [6, 6.07) is 12.2. The van der Waals surface area contributed by atoms with E-state index in [1.165, 1.54) is 40.1 Å². The van der Waals surface area contributed by atoms with E-state index in [1.807, 2.05) is 0 Å². The topological polar surface area (TPSA) is 86.4 Å². The number of benzene rings is 2. The number of carbonyl (C=O) groups is 2. The molecule has 0 aliphatic rings. The molecule has 8 nitrogen and oxygen atoms in total. The van der Waals surface area contributed by atoms with Gasteiger partial charge in [0.2, 0.25) is 0 Å². The van der Waals surface area contributed by atoms with Crippen molar-refractivity contribution in [3.05, 3.63) is 82.3 Å². The van der Waals surface area contributed by atoms with E-state index in [0.29, 0.717) is 17.8 Å². The maximum absolute atomic E-state index is 13.0. The van der Waals surface area contributed by atoms with Crippen molar-refractivity contribution in [1.29, 1.82) is 0 Å². The van der Waals surface area contributed by atoms with Gasteiger partial charge in [-0.1, -0.05) is 12.1 Å². The van der Waals surface area contributed by atoms with Gasteiger partial charge in [-0.3, -0.25) is 4.79 Å². The van der Waals surface area contributed by atoms with Crippen LogP contribution in [0.15, 0.2) is 59.7 Å². The predicted octanol–water partition coefficient (Wildman–Crippen LogP) is 3.42. The number of Topliss-reactive ketones (excluding diaryl/α,β-unsaturated/α-hetero) is 1. The zero-order chi connectivity index (χ0) is 23.5. The van der Waals surface area contributed by atoms with Gasteiger partial charge >= 0.3 is 11.8 Å². The third-order valence-corrected chi connectivity index (χ3v) is 4.53. The number of nitrogens with zero attached hydrogens (tertiary/aromatic N) is 4. The van der Waals surface area contributed by atoms with Crippen molar-refractivity contribution in [3.8, 4) is 5.69 Å². The Balaban J connectivity index is 1.68. The molecule has 0 aliphatic heterocycles. The van der Waals surface area contributed by atoms with Crippen LogP contribution in [0.1, 0.15) is 36.7 Å². The van der Waals surface area contributed by atoms with Crippen LogP contribution in [-0.4, -0.2) is 43.8 Å². The smallest absolute Gasteiger partial charge is 0.410 e. The van der Waals surface area contributed by atoms with Crippen LogP contribution in [0.2, 0.25) is 0 Å². The van der Waals surface area contributed by atoms with E-state index in [2.05, 4.69) is 5.10 Å². The highest BCUT2D eigenvalue weighted by molar-refractivity contribution is 5.95. The molecular weight excluding hydrogens is 415 g/mol. The van der Waals surface area contributed by atoms with Crippen molar-refractivity contribution in [1.82, 2.24) is 19.2 Å². The van der Waals surface area contributed by atoms with Gasteiger partial charge in [-0.05, 0) is 62.7 Å². The van der Waals surface area contributed by atoms with Crippen LogP contribution in [0, 0.1) is 5.82 Å². The largest absolute Gasteiger partial charge is 0.444 e. The molecule has 0 spiro atoms. The van der Waals surface area contributed by atoms with Gasteiger partial charge in [0.1, 0.15) is 24.3 Å². The normalized spacial score (nSPS) is 11.3. The fourth-order valence-electron chi connectivity index (χ4n) is 2.93. The van der Waals surface area contributed by atoms with Crippen molar-refractivity contribution in [2.75, 3.05) is 7.05 Å². The first kappa shape index (κ1) is 22.9. The lowest BCUT2D eigenvalue weighted by molar-refractivity contribution is 0.0285. The average Bonchev–Trinajstić information content (AvgIpc) is 3.08. The third-order valence-electron chi connectivity index (χ3n) is 4.53. The van der Waals surface area contributed by atoms with Gasteiger partial charge in [-0.15, -0.1) is 0 Å². The van der Waals surface area contributed by atoms with Crippen LogP contribution >= 0.6 is 0 Å². The summed E-state index contributed by atoms with van der Waals surface area (Å²) in [5.41, 5.74) is 0.674. The Labute approximate surface area is 184 Å². The molecule has 0 saturated carbocycles. The second-order valence-electron chi connectivity index (χ2n) is 8.37. The first-order chi connectivity index (χ1) is 15.0. The van der Waals surface area contributed by atoms with E-state index in [9.17, 15) is 18.8 Å². The highest BCUT2D eigenvalue weighted by Crippen LogP contribution is 2.13. The molecular formula is C23H25FN4O4. The molecule has 0 unspecified atom stereocenters. The molecule has 9 heteroatoms. The summed E-state index contributed by atoms with van der Waals surface area (Å²) in [5, 5.41) is 4.01. The standard InChI is InChI=1S/C23H25FN4O4/c1-23(2,3)32-22(31)26(4)13-16-5-11-19(12-6-16)27-15-25-28(21(27)30)14-20(29)17-7-9-18(24)10-8-17/h5-12,15H,13-14H2,1-4H3. The monoisotopic (exact) mass is 440 g/mol. The second kappa shape index (κ2) is 9.17. The molecule has 0 saturated heterocycles. The van der Waals surface area contributed by atoms with Gasteiger partial charge < -0.3 is 9.64 Å². The van der Waals surface area contributed by atoms with Crippen molar-refractivity contribution < 1.29 is 18.7 Å². The van der Waals surface area contributed by atoms with Crippen LogP contribution in [-0.2, 0) is 17.8 Å². The summed E-state index contributed by atoms with van der Waals surface area (Å²) >= 11 is 0. The highest BCUT2D eigenvalue weighted by Gasteiger charge is 2.19. The summed E-state index contributed by atoms with van der Waals surface area (Å²) in [6.45, 7) is 5.50. The highest BCUT2D eigenvalue weighted by atomic mass is 19.1. The molecule has 32 heavy (non-hydrogen) atoms. The number of rotatable bonds is 6. The lowest BCUT2D eigenvalue weighted by Gasteiger charge is -2.24. The molecule has 0 atom stereocenters. The van der Waals surface area contributed by atoms with Crippen LogP contribution in [0.5, 0.6) is 0 Å². The van der Waals surface area contributed by atoms with Crippen LogP contribution in [0.25, 0.3) is 5.69 Å². The zero-order valence-electron chi connectivity index (χ0n) is 18.4. The molecule has 3 aromatic rings. The minimum atomic E-state index is -0.575. The van der Waals surface area contributed by atoms with Crippen molar-refractivity contribution in [2.45, 2.75) is 39.5 Å². The lowest BCUT2D eigenvalue weighted by Crippen LogP contribution is -2.33. The summed E-state index contributed by atoms with van der Waals surface area (Å²) in [6.07, 6.45) is 0.909. The maximum atomic E-state index is 13.0. The molecule has 0 N–H and O–H groups in total. The van der Waals surface area contributed by atoms with Crippen LogP contribution in [0.4, 0.5) is 9.18 Å². The Hall–Kier alpha value is -3.75. The zero-order valence-corrected chi connectivity index (χ0v) is 18.4. The number of hydrogen-bond donors (Lipinski definition) is 0. The number of carbonyl (C=O) groups excluding carboxylic acids is 2. The second-order valence-corrected chi connectivity index (χ2v) is 8.37. The Kier molecular flexibility index (Phi) is 6.57. The molecule has 2 aromatic carbocycles. The fourth-order valence-corrected chi connectivity index (χ4v) is 2.93. The molecule has 1 heterocycles. The maximum Gasteiger partial charge on any atom is 0.410 e.